The molecule has 15 heavy (non-hydrogen) atoms. The standard InChI is InChI=1S/C13H15NO/c1-9-3-4-10(2)12(7-9)13(15)11-5-6-14-8-11/h3-8,13-15H,1-2H3. The van der Waals surface area contributed by atoms with E-state index < -0.39 is 6.10 Å². The molecule has 1 aromatic carbocycles. The van der Waals surface area contributed by atoms with Gasteiger partial charge in [0.25, 0.3) is 0 Å². The molecule has 2 nitrogen and oxygen atoms in total. The molecule has 0 amide bonds. The molecule has 0 radical (unpaired) electrons. The Morgan fingerprint density at radius 3 is 2.67 bits per heavy atom. The SMILES string of the molecule is Cc1ccc(C)c(C(O)c2cc[nH]c2)c1. The van der Waals surface area contributed by atoms with Crippen molar-refractivity contribution in [2.24, 2.45) is 0 Å². The Kier molecular flexibility index (Phi) is 2.60. The lowest BCUT2D eigenvalue weighted by atomic mass is 9.97. The van der Waals surface area contributed by atoms with Gasteiger partial charge in [-0.2, -0.15) is 0 Å². The van der Waals surface area contributed by atoms with E-state index >= 15 is 0 Å². The molecule has 0 saturated heterocycles. The van der Waals surface area contributed by atoms with E-state index in [1.54, 1.807) is 0 Å². The highest BCUT2D eigenvalue weighted by Gasteiger charge is 2.12. The number of aromatic amines is 1. The summed E-state index contributed by atoms with van der Waals surface area (Å²) in [7, 11) is 0. The van der Waals surface area contributed by atoms with Crippen molar-refractivity contribution < 1.29 is 5.11 Å². The monoisotopic (exact) mass is 201 g/mol. The molecule has 0 bridgehead atoms. The molecule has 1 unspecified atom stereocenters. The molecule has 0 saturated carbocycles. The minimum atomic E-state index is -0.531. The summed E-state index contributed by atoms with van der Waals surface area (Å²) in [5.74, 6) is 0. The number of hydrogen-bond acceptors (Lipinski definition) is 1. The summed E-state index contributed by atoms with van der Waals surface area (Å²) >= 11 is 0. The molecule has 2 rings (SSSR count). The van der Waals surface area contributed by atoms with Crippen LogP contribution in [0.15, 0.2) is 36.7 Å². The van der Waals surface area contributed by atoms with Crippen molar-refractivity contribution in [1.82, 2.24) is 4.98 Å². The lowest BCUT2D eigenvalue weighted by molar-refractivity contribution is 0.219. The normalized spacial score (nSPS) is 12.7. The zero-order valence-electron chi connectivity index (χ0n) is 8.99. The summed E-state index contributed by atoms with van der Waals surface area (Å²) in [6, 6.07) is 8.03. The van der Waals surface area contributed by atoms with Crippen LogP contribution in [-0.2, 0) is 0 Å². The van der Waals surface area contributed by atoms with Gasteiger partial charge in [0, 0.05) is 18.0 Å². The van der Waals surface area contributed by atoms with Gasteiger partial charge >= 0.3 is 0 Å². The van der Waals surface area contributed by atoms with Crippen LogP contribution in [-0.4, -0.2) is 10.1 Å². The van der Waals surface area contributed by atoms with Crippen LogP contribution in [0, 0.1) is 13.8 Å². The van der Waals surface area contributed by atoms with Crippen LogP contribution in [0.1, 0.15) is 28.4 Å². The number of hydrogen-bond donors (Lipinski definition) is 2. The molecular weight excluding hydrogens is 186 g/mol. The number of benzene rings is 1. The molecule has 0 aliphatic carbocycles. The number of aliphatic hydroxyl groups is 1. The van der Waals surface area contributed by atoms with Gasteiger partial charge < -0.3 is 10.1 Å². The highest BCUT2D eigenvalue weighted by atomic mass is 16.3. The zero-order chi connectivity index (χ0) is 10.8. The molecule has 2 aromatic rings. The maximum atomic E-state index is 10.2. The summed E-state index contributed by atoms with van der Waals surface area (Å²) in [4.78, 5) is 2.95. The molecule has 2 N–H and O–H groups in total. The predicted molar refractivity (Wildman–Crippen MR) is 60.8 cm³/mol. The van der Waals surface area contributed by atoms with Crippen LogP contribution in [0.5, 0.6) is 0 Å². The van der Waals surface area contributed by atoms with E-state index in [9.17, 15) is 5.11 Å². The van der Waals surface area contributed by atoms with Crippen LogP contribution in [0.2, 0.25) is 0 Å². The van der Waals surface area contributed by atoms with Gasteiger partial charge in [0.2, 0.25) is 0 Å². The number of aromatic nitrogens is 1. The number of aryl methyl sites for hydroxylation is 2. The van der Waals surface area contributed by atoms with Gasteiger partial charge in [-0.15, -0.1) is 0 Å². The Morgan fingerprint density at radius 2 is 2.00 bits per heavy atom. The fraction of sp³-hybridized carbons (Fsp3) is 0.231. The second kappa shape index (κ2) is 3.91. The van der Waals surface area contributed by atoms with Gasteiger partial charge in [-0.3, -0.25) is 0 Å². The molecule has 78 valence electrons. The lowest BCUT2D eigenvalue weighted by Crippen LogP contribution is -2.01. The fourth-order valence-corrected chi connectivity index (χ4v) is 1.74. The Balaban J connectivity index is 2.41. The summed E-state index contributed by atoms with van der Waals surface area (Å²) < 4.78 is 0. The molecule has 1 aromatic heterocycles. The smallest absolute Gasteiger partial charge is 0.106 e. The first kappa shape index (κ1) is 9.99. The number of nitrogens with one attached hydrogen (secondary N) is 1. The average Bonchev–Trinajstić information content (AvgIpc) is 2.74. The largest absolute Gasteiger partial charge is 0.384 e. The fourth-order valence-electron chi connectivity index (χ4n) is 1.74. The third kappa shape index (κ3) is 1.95. The van der Waals surface area contributed by atoms with Gasteiger partial charge in [-0.1, -0.05) is 23.8 Å². The van der Waals surface area contributed by atoms with E-state index in [4.69, 9.17) is 0 Å². The molecule has 0 fully saturated rings. The van der Waals surface area contributed by atoms with E-state index in [-0.39, 0.29) is 0 Å². The Bertz CT molecular complexity index is 446. The van der Waals surface area contributed by atoms with Crippen LogP contribution >= 0.6 is 0 Å². The Morgan fingerprint density at radius 1 is 1.20 bits per heavy atom. The van der Waals surface area contributed by atoms with Crippen LogP contribution in [0.25, 0.3) is 0 Å². The summed E-state index contributed by atoms with van der Waals surface area (Å²) in [6.45, 7) is 4.05. The second-order valence-electron chi connectivity index (χ2n) is 3.91. The average molecular weight is 201 g/mol. The van der Waals surface area contributed by atoms with Gasteiger partial charge in [0.1, 0.15) is 6.10 Å². The predicted octanol–water partition coefficient (Wildman–Crippen LogP) is 2.71. The molecule has 2 heteroatoms. The Labute approximate surface area is 89.6 Å². The lowest BCUT2D eigenvalue weighted by Gasteiger charge is -2.13. The van der Waals surface area contributed by atoms with Crippen LogP contribution in [0.4, 0.5) is 0 Å². The maximum Gasteiger partial charge on any atom is 0.106 e. The number of H-pyrrole nitrogens is 1. The molecule has 1 atom stereocenters. The van der Waals surface area contributed by atoms with Crippen molar-refractivity contribution >= 4 is 0 Å². The quantitative estimate of drug-likeness (QED) is 0.770. The summed E-state index contributed by atoms with van der Waals surface area (Å²) in [6.07, 6.45) is 3.12. The van der Waals surface area contributed by atoms with Gasteiger partial charge in [-0.05, 0) is 31.0 Å². The zero-order valence-corrected chi connectivity index (χ0v) is 8.99. The van der Waals surface area contributed by atoms with Gasteiger partial charge in [0.05, 0.1) is 0 Å². The second-order valence-corrected chi connectivity index (χ2v) is 3.91. The highest BCUT2D eigenvalue weighted by molar-refractivity contribution is 5.36. The number of aliphatic hydroxyl groups excluding tert-OH is 1. The molecule has 1 heterocycles. The van der Waals surface area contributed by atoms with E-state index in [0.29, 0.717) is 0 Å². The first-order chi connectivity index (χ1) is 7.18. The van der Waals surface area contributed by atoms with Crippen molar-refractivity contribution in [3.05, 3.63) is 58.9 Å². The van der Waals surface area contributed by atoms with E-state index in [1.165, 1.54) is 5.56 Å². The third-order valence-electron chi connectivity index (χ3n) is 2.67. The molecule has 0 aliphatic rings. The van der Waals surface area contributed by atoms with Gasteiger partial charge in [0.15, 0.2) is 0 Å². The summed E-state index contributed by atoms with van der Waals surface area (Å²) in [5, 5.41) is 10.2. The van der Waals surface area contributed by atoms with Crippen molar-refractivity contribution in [2.75, 3.05) is 0 Å². The van der Waals surface area contributed by atoms with Crippen molar-refractivity contribution in [1.29, 1.82) is 0 Å². The first-order valence-corrected chi connectivity index (χ1v) is 5.06. The van der Waals surface area contributed by atoms with Crippen molar-refractivity contribution in [2.45, 2.75) is 20.0 Å². The first-order valence-electron chi connectivity index (χ1n) is 5.06. The van der Waals surface area contributed by atoms with E-state index in [0.717, 1.165) is 16.7 Å². The molecule has 0 aliphatic heterocycles. The van der Waals surface area contributed by atoms with Crippen LogP contribution in [0.3, 0.4) is 0 Å². The highest BCUT2D eigenvalue weighted by Crippen LogP contribution is 2.25. The van der Waals surface area contributed by atoms with Crippen molar-refractivity contribution in [3.8, 4) is 0 Å². The van der Waals surface area contributed by atoms with Gasteiger partial charge in [-0.25, -0.2) is 0 Å². The molecular formula is C13H15NO. The minimum absolute atomic E-state index is 0.531. The van der Waals surface area contributed by atoms with Crippen molar-refractivity contribution in [3.63, 3.8) is 0 Å². The minimum Gasteiger partial charge on any atom is -0.384 e. The van der Waals surface area contributed by atoms with Crippen LogP contribution < -0.4 is 0 Å². The molecule has 0 spiro atoms. The van der Waals surface area contributed by atoms with E-state index in [1.807, 2.05) is 44.4 Å². The summed E-state index contributed by atoms with van der Waals surface area (Å²) in [5.41, 5.74) is 4.18. The maximum absolute atomic E-state index is 10.2. The van der Waals surface area contributed by atoms with E-state index in [2.05, 4.69) is 11.1 Å². The number of rotatable bonds is 2. The Hall–Kier alpha value is -1.54. The third-order valence-corrected chi connectivity index (χ3v) is 2.67. The topological polar surface area (TPSA) is 36.0 Å².